The molecule has 2 N–H and O–H groups in total. The molecule has 1 aliphatic rings. The van der Waals surface area contributed by atoms with E-state index in [2.05, 4.69) is 0 Å². The number of ether oxygens (including phenoxy) is 1. The molecule has 8 heteroatoms. The van der Waals surface area contributed by atoms with E-state index in [1.54, 1.807) is 32.7 Å². The van der Waals surface area contributed by atoms with Gasteiger partial charge in [0.2, 0.25) is 0 Å². The van der Waals surface area contributed by atoms with Crippen molar-refractivity contribution in [3.63, 3.8) is 0 Å². The van der Waals surface area contributed by atoms with Gasteiger partial charge in [0.1, 0.15) is 5.60 Å². The van der Waals surface area contributed by atoms with Gasteiger partial charge in [0, 0.05) is 20.1 Å². The van der Waals surface area contributed by atoms with Crippen LogP contribution in [0.15, 0.2) is 18.2 Å². The number of likely N-dealkylation sites (N-methyl/N-ethyl adjacent to an activating group) is 1. The highest BCUT2D eigenvalue weighted by Gasteiger charge is 2.33. The third-order valence-electron chi connectivity index (χ3n) is 4.32. The highest BCUT2D eigenvalue weighted by molar-refractivity contribution is 5.70. The summed E-state index contributed by atoms with van der Waals surface area (Å²) in [6, 6.07) is 3.29. The van der Waals surface area contributed by atoms with Crippen LogP contribution >= 0.6 is 0 Å². The second-order valence-corrected chi connectivity index (χ2v) is 7.60. The first-order chi connectivity index (χ1) is 11.9. The monoisotopic (exact) mass is 373 g/mol. The predicted molar refractivity (Wildman–Crippen MR) is 95.1 cm³/mol. The second-order valence-electron chi connectivity index (χ2n) is 7.60. The molecule has 0 spiro atoms. The van der Waals surface area contributed by atoms with Crippen molar-refractivity contribution < 1.29 is 22.7 Å². The van der Waals surface area contributed by atoms with Crippen molar-refractivity contribution in [2.75, 3.05) is 30.8 Å². The Morgan fingerprint density at radius 1 is 1.31 bits per heavy atom. The summed E-state index contributed by atoms with van der Waals surface area (Å²) in [6.07, 6.45) is -3.23. The van der Waals surface area contributed by atoms with Crippen molar-refractivity contribution >= 4 is 17.5 Å². The van der Waals surface area contributed by atoms with Crippen molar-refractivity contribution in [2.24, 2.45) is 0 Å². The van der Waals surface area contributed by atoms with Crippen LogP contribution in [0.3, 0.4) is 0 Å². The number of nitrogen functional groups attached to an aromatic ring is 1. The fraction of sp³-hybridized carbons (Fsp3) is 0.611. The van der Waals surface area contributed by atoms with E-state index in [1.807, 2.05) is 4.90 Å². The summed E-state index contributed by atoms with van der Waals surface area (Å²) >= 11 is 0. The summed E-state index contributed by atoms with van der Waals surface area (Å²) in [5, 5.41) is 0. The molecule has 0 aromatic heterocycles. The van der Waals surface area contributed by atoms with Gasteiger partial charge in [0.25, 0.3) is 0 Å². The molecule has 1 amide bonds. The van der Waals surface area contributed by atoms with E-state index in [0.29, 0.717) is 18.8 Å². The molecule has 1 heterocycles. The molecule has 0 radical (unpaired) electrons. The van der Waals surface area contributed by atoms with Gasteiger partial charge < -0.3 is 20.3 Å². The number of hydrogen-bond acceptors (Lipinski definition) is 4. The smallest absolute Gasteiger partial charge is 0.416 e. The normalized spacial score (nSPS) is 18.6. The van der Waals surface area contributed by atoms with Gasteiger partial charge in [-0.05, 0) is 51.8 Å². The van der Waals surface area contributed by atoms with Gasteiger partial charge in [-0.2, -0.15) is 13.2 Å². The van der Waals surface area contributed by atoms with Gasteiger partial charge in [-0.25, -0.2) is 4.79 Å². The first kappa shape index (κ1) is 20.2. The van der Waals surface area contributed by atoms with Crippen molar-refractivity contribution in [1.29, 1.82) is 0 Å². The minimum absolute atomic E-state index is 0.0837. The number of carbonyl (C=O) groups excluding carboxylic acids is 1. The highest BCUT2D eigenvalue weighted by Crippen LogP contribution is 2.35. The molecule has 1 atom stereocenters. The topological polar surface area (TPSA) is 58.8 Å². The Bertz CT molecular complexity index is 656. The van der Waals surface area contributed by atoms with E-state index >= 15 is 0 Å². The number of carbonyl (C=O) groups is 1. The zero-order valence-electron chi connectivity index (χ0n) is 15.6. The molecular weight excluding hydrogens is 347 g/mol. The third kappa shape index (κ3) is 4.95. The average molecular weight is 373 g/mol. The lowest BCUT2D eigenvalue weighted by molar-refractivity contribution is -0.137. The SMILES string of the molecule is CN(C(=O)OC(C)(C)C)C1CCCN(c2ccc(C(F)(F)F)cc2N)C1. The Morgan fingerprint density at radius 2 is 1.96 bits per heavy atom. The van der Waals surface area contributed by atoms with E-state index in [1.165, 1.54) is 6.07 Å². The summed E-state index contributed by atoms with van der Waals surface area (Å²) in [5.41, 5.74) is 5.15. The molecule has 1 aliphatic heterocycles. The maximum absolute atomic E-state index is 12.8. The van der Waals surface area contributed by atoms with Crippen LogP contribution < -0.4 is 10.6 Å². The van der Waals surface area contributed by atoms with E-state index in [4.69, 9.17) is 10.5 Å². The number of rotatable bonds is 2. The maximum atomic E-state index is 12.8. The fourth-order valence-corrected chi connectivity index (χ4v) is 2.99. The summed E-state index contributed by atoms with van der Waals surface area (Å²) in [4.78, 5) is 15.7. The molecule has 1 aromatic rings. The highest BCUT2D eigenvalue weighted by atomic mass is 19.4. The second kappa shape index (κ2) is 7.25. The van der Waals surface area contributed by atoms with Crippen molar-refractivity contribution in [1.82, 2.24) is 4.90 Å². The lowest BCUT2D eigenvalue weighted by atomic mass is 10.0. The molecule has 0 bridgehead atoms. The van der Waals surface area contributed by atoms with Crippen LogP contribution in [-0.4, -0.2) is 42.8 Å². The van der Waals surface area contributed by atoms with Crippen LogP contribution in [0.2, 0.25) is 0 Å². The number of amides is 1. The van der Waals surface area contributed by atoms with Crippen LogP contribution in [-0.2, 0) is 10.9 Å². The van der Waals surface area contributed by atoms with E-state index in [-0.39, 0.29) is 11.7 Å². The van der Waals surface area contributed by atoms with E-state index in [0.717, 1.165) is 25.0 Å². The lowest BCUT2D eigenvalue weighted by Crippen LogP contribution is -2.50. The zero-order chi connectivity index (χ0) is 19.7. The molecular formula is C18H26F3N3O2. The standard InChI is InChI=1S/C18H26F3N3O2/c1-17(2,3)26-16(25)23(4)13-6-5-9-24(11-13)15-8-7-12(10-14(15)22)18(19,20)21/h7-8,10,13H,5-6,9,11,22H2,1-4H3. The molecule has 1 saturated heterocycles. The van der Waals surface area contributed by atoms with Gasteiger partial charge in [-0.15, -0.1) is 0 Å². The van der Waals surface area contributed by atoms with E-state index < -0.39 is 23.4 Å². The summed E-state index contributed by atoms with van der Waals surface area (Å²) < 4.78 is 43.8. The number of anilines is 2. The Kier molecular flexibility index (Phi) is 5.63. The molecule has 0 saturated carbocycles. The number of halogens is 3. The van der Waals surface area contributed by atoms with Crippen molar-refractivity contribution in [3.05, 3.63) is 23.8 Å². The summed E-state index contributed by atoms with van der Waals surface area (Å²) in [6.45, 7) is 6.57. The van der Waals surface area contributed by atoms with Gasteiger partial charge >= 0.3 is 12.3 Å². The Hall–Kier alpha value is -2.12. The van der Waals surface area contributed by atoms with Gasteiger partial charge in [0.15, 0.2) is 0 Å². The summed E-state index contributed by atoms with van der Waals surface area (Å²) in [5.74, 6) is 0. The molecule has 1 unspecified atom stereocenters. The van der Waals surface area contributed by atoms with Gasteiger partial charge in [-0.3, -0.25) is 0 Å². The third-order valence-corrected chi connectivity index (χ3v) is 4.32. The zero-order valence-corrected chi connectivity index (χ0v) is 15.6. The quantitative estimate of drug-likeness (QED) is 0.792. The van der Waals surface area contributed by atoms with Crippen molar-refractivity contribution in [3.8, 4) is 0 Å². The summed E-state index contributed by atoms with van der Waals surface area (Å²) in [7, 11) is 1.68. The van der Waals surface area contributed by atoms with Crippen LogP contribution in [0, 0.1) is 0 Å². The molecule has 0 aliphatic carbocycles. The number of alkyl halides is 3. The Balaban J connectivity index is 2.12. The first-order valence-corrected chi connectivity index (χ1v) is 8.56. The molecule has 2 rings (SSSR count). The fourth-order valence-electron chi connectivity index (χ4n) is 2.99. The number of nitrogens with two attached hydrogens (primary N) is 1. The van der Waals surface area contributed by atoms with Gasteiger partial charge in [0.05, 0.1) is 23.0 Å². The Labute approximate surface area is 151 Å². The Morgan fingerprint density at radius 3 is 2.50 bits per heavy atom. The minimum Gasteiger partial charge on any atom is -0.444 e. The number of piperidine rings is 1. The predicted octanol–water partition coefficient (Wildman–Crippen LogP) is 4.12. The number of hydrogen-bond donors (Lipinski definition) is 1. The maximum Gasteiger partial charge on any atom is 0.416 e. The average Bonchev–Trinajstić information content (AvgIpc) is 2.51. The van der Waals surface area contributed by atoms with Crippen molar-refractivity contribution in [2.45, 2.75) is 51.4 Å². The lowest BCUT2D eigenvalue weighted by Gasteiger charge is -2.39. The molecule has 1 fully saturated rings. The first-order valence-electron chi connectivity index (χ1n) is 8.56. The molecule has 1 aromatic carbocycles. The van der Waals surface area contributed by atoms with E-state index in [9.17, 15) is 18.0 Å². The van der Waals surface area contributed by atoms with Crippen LogP contribution in [0.4, 0.5) is 29.3 Å². The minimum atomic E-state index is -4.42. The number of nitrogens with zero attached hydrogens (tertiary/aromatic N) is 2. The number of benzene rings is 1. The molecule has 26 heavy (non-hydrogen) atoms. The van der Waals surface area contributed by atoms with Crippen LogP contribution in [0.25, 0.3) is 0 Å². The van der Waals surface area contributed by atoms with Gasteiger partial charge in [-0.1, -0.05) is 0 Å². The van der Waals surface area contributed by atoms with Crippen LogP contribution in [0.5, 0.6) is 0 Å². The molecule has 5 nitrogen and oxygen atoms in total. The largest absolute Gasteiger partial charge is 0.444 e. The molecule has 146 valence electrons. The van der Waals surface area contributed by atoms with Crippen LogP contribution in [0.1, 0.15) is 39.2 Å².